The van der Waals surface area contributed by atoms with Gasteiger partial charge in [-0.15, -0.1) is 0 Å². The number of hydrazone groups is 1. The Morgan fingerprint density at radius 1 is 1.06 bits per heavy atom. The van der Waals surface area contributed by atoms with E-state index in [2.05, 4.69) is 15.7 Å². The Morgan fingerprint density at radius 3 is 2.67 bits per heavy atom. The molecule has 0 fully saturated rings. The second-order valence-electron chi connectivity index (χ2n) is 7.61. The molecule has 0 unspecified atom stereocenters. The van der Waals surface area contributed by atoms with E-state index >= 15 is 0 Å². The fourth-order valence-corrected chi connectivity index (χ4v) is 3.40. The summed E-state index contributed by atoms with van der Waals surface area (Å²) in [7, 11) is 0. The Morgan fingerprint density at radius 2 is 1.88 bits per heavy atom. The lowest BCUT2D eigenvalue weighted by Gasteiger charge is -2.11. The molecule has 1 heterocycles. The number of amides is 3. The highest BCUT2D eigenvalue weighted by Crippen LogP contribution is 2.16. The van der Waals surface area contributed by atoms with E-state index in [9.17, 15) is 14.4 Å². The zero-order valence-electron chi connectivity index (χ0n) is 18.9. The molecule has 0 aromatic heterocycles. The molecular formula is C25H30N4O4. The van der Waals surface area contributed by atoms with Crippen molar-refractivity contribution < 1.29 is 19.1 Å². The van der Waals surface area contributed by atoms with Gasteiger partial charge < -0.3 is 15.4 Å². The van der Waals surface area contributed by atoms with Gasteiger partial charge in [-0.3, -0.25) is 14.4 Å². The molecule has 0 bridgehead atoms. The van der Waals surface area contributed by atoms with Gasteiger partial charge in [0.05, 0.1) is 12.3 Å². The lowest BCUT2D eigenvalue weighted by Crippen LogP contribution is -2.26. The number of benzene rings is 2. The number of nitrogens with one attached hydrogen (secondary N) is 2. The average molecular weight is 451 g/mol. The van der Waals surface area contributed by atoms with Gasteiger partial charge in [-0.1, -0.05) is 36.4 Å². The van der Waals surface area contributed by atoms with Gasteiger partial charge in [0.2, 0.25) is 11.8 Å². The third-order valence-electron chi connectivity index (χ3n) is 5.13. The Labute approximate surface area is 194 Å². The maximum absolute atomic E-state index is 12.5. The van der Waals surface area contributed by atoms with Crippen LogP contribution in [-0.2, 0) is 14.3 Å². The van der Waals surface area contributed by atoms with Crippen molar-refractivity contribution in [3.8, 4) is 0 Å². The van der Waals surface area contributed by atoms with Crippen molar-refractivity contribution >= 4 is 29.1 Å². The zero-order valence-corrected chi connectivity index (χ0v) is 18.9. The summed E-state index contributed by atoms with van der Waals surface area (Å²) < 4.78 is 5.25. The number of hydrogen-bond donors (Lipinski definition) is 2. The van der Waals surface area contributed by atoms with Gasteiger partial charge >= 0.3 is 0 Å². The van der Waals surface area contributed by atoms with E-state index in [1.54, 1.807) is 24.3 Å². The number of nitrogens with zero attached hydrogens (tertiary/aromatic N) is 2. The summed E-state index contributed by atoms with van der Waals surface area (Å²) in [6, 6.07) is 16.5. The summed E-state index contributed by atoms with van der Waals surface area (Å²) in [5.41, 5.74) is 2.85. The average Bonchev–Trinajstić information content (AvgIpc) is 3.33. The molecular weight excluding hydrogens is 420 g/mol. The van der Waals surface area contributed by atoms with Crippen LogP contribution in [0.15, 0.2) is 59.7 Å². The van der Waals surface area contributed by atoms with Crippen molar-refractivity contribution in [1.82, 2.24) is 10.3 Å². The smallest absolute Gasteiger partial charge is 0.251 e. The second kappa shape index (κ2) is 12.5. The van der Waals surface area contributed by atoms with E-state index in [1.165, 1.54) is 5.01 Å². The minimum atomic E-state index is -0.288. The van der Waals surface area contributed by atoms with Crippen molar-refractivity contribution in [2.75, 3.05) is 31.6 Å². The standard InChI is InChI=1S/C25H30N4O4/c1-2-33-17-7-15-26-25(32)20-10-6-11-21(18-20)27-23(30)12-13-24(31)29-16-14-22(28-29)19-8-4-3-5-9-19/h3-6,8-11,18H,2,7,12-17H2,1H3,(H,26,32)(H,27,30). The van der Waals surface area contributed by atoms with Gasteiger partial charge in [0, 0.05) is 50.3 Å². The van der Waals surface area contributed by atoms with Crippen LogP contribution in [0.4, 0.5) is 5.69 Å². The molecule has 1 aliphatic rings. The molecule has 8 nitrogen and oxygen atoms in total. The van der Waals surface area contributed by atoms with Crippen molar-refractivity contribution in [3.05, 3.63) is 65.7 Å². The molecule has 0 atom stereocenters. The molecule has 0 saturated heterocycles. The minimum Gasteiger partial charge on any atom is -0.382 e. The first kappa shape index (κ1) is 24.1. The summed E-state index contributed by atoms with van der Waals surface area (Å²) in [6.45, 7) is 4.22. The van der Waals surface area contributed by atoms with Crippen LogP contribution in [0.1, 0.15) is 48.5 Å². The molecule has 3 rings (SSSR count). The van der Waals surface area contributed by atoms with Gasteiger partial charge in [0.15, 0.2) is 0 Å². The maximum atomic E-state index is 12.5. The van der Waals surface area contributed by atoms with Gasteiger partial charge in [0.1, 0.15) is 0 Å². The zero-order chi connectivity index (χ0) is 23.5. The molecule has 8 heteroatoms. The van der Waals surface area contributed by atoms with Crippen molar-refractivity contribution in [2.24, 2.45) is 5.10 Å². The molecule has 0 saturated carbocycles. The van der Waals surface area contributed by atoms with Crippen molar-refractivity contribution in [2.45, 2.75) is 32.6 Å². The Balaban J connectivity index is 1.44. The summed E-state index contributed by atoms with van der Waals surface area (Å²) in [4.78, 5) is 37.1. The lowest BCUT2D eigenvalue weighted by atomic mass is 10.1. The van der Waals surface area contributed by atoms with Gasteiger partial charge in [0.25, 0.3) is 5.91 Å². The summed E-state index contributed by atoms with van der Waals surface area (Å²) >= 11 is 0. The highest BCUT2D eigenvalue weighted by Gasteiger charge is 2.22. The van der Waals surface area contributed by atoms with E-state index < -0.39 is 0 Å². The number of carbonyl (C=O) groups excluding carboxylic acids is 3. The number of ether oxygens (including phenoxy) is 1. The van der Waals surface area contributed by atoms with E-state index in [-0.39, 0.29) is 30.6 Å². The molecule has 0 radical (unpaired) electrons. The van der Waals surface area contributed by atoms with Gasteiger partial charge in [-0.25, -0.2) is 5.01 Å². The topological polar surface area (TPSA) is 100 Å². The molecule has 2 N–H and O–H groups in total. The molecule has 33 heavy (non-hydrogen) atoms. The van der Waals surface area contributed by atoms with Gasteiger partial charge in [-0.2, -0.15) is 5.10 Å². The minimum absolute atomic E-state index is 0.0410. The quantitative estimate of drug-likeness (QED) is 0.514. The van der Waals surface area contributed by atoms with Crippen molar-refractivity contribution in [3.63, 3.8) is 0 Å². The highest BCUT2D eigenvalue weighted by molar-refractivity contribution is 6.03. The lowest BCUT2D eigenvalue weighted by molar-refractivity contribution is -0.132. The molecule has 2 aromatic carbocycles. The van der Waals surface area contributed by atoms with Gasteiger partial charge in [-0.05, 0) is 37.1 Å². The summed E-state index contributed by atoms with van der Waals surface area (Å²) in [5.74, 6) is -0.681. The highest BCUT2D eigenvalue weighted by atomic mass is 16.5. The molecule has 1 aliphatic heterocycles. The first-order chi connectivity index (χ1) is 16.1. The normalized spacial score (nSPS) is 12.9. The first-order valence-corrected chi connectivity index (χ1v) is 11.3. The van der Waals surface area contributed by atoms with Crippen LogP contribution in [0.2, 0.25) is 0 Å². The van der Waals surface area contributed by atoms with E-state index in [1.807, 2.05) is 37.3 Å². The molecule has 3 amide bonds. The fourth-order valence-electron chi connectivity index (χ4n) is 3.40. The predicted octanol–water partition coefficient (Wildman–Crippen LogP) is 3.20. The van der Waals surface area contributed by atoms with Crippen LogP contribution in [0, 0.1) is 0 Å². The van der Waals surface area contributed by atoms with E-state index in [4.69, 9.17) is 4.74 Å². The molecule has 174 valence electrons. The van der Waals surface area contributed by atoms with E-state index in [0.29, 0.717) is 44.0 Å². The Bertz CT molecular complexity index is 991. The third kappa shape index (κ3) is 7.54. The molecule has 0 aliphatic carbocycles. The van der Waals surface area contributed by atoms with Crippen LogP contribution in [0.5, 0.6) is 0 Å². The monoisotopic (exact) mass is 450 g/mol. The Hall–Kier alpha value is -3.52. The summed E-state index contributed by atoms with van der Waals surface area (Å²) in [6.07, 6.45) is 1.54. The van der Waals surface area contributed by atoms with Crippen LogP contribution >= 0.6 is 0 Å². The predicted molar refractivity (Wildman–Crippen MR) is 127 cm³/mol. The Kier molecular flexibility index (Phi) is 9.14. The van der Waals surface area contributed by atoms with Crippen LogP contribution in [0.3, 0.4) is 0 Å². The largest absolute Gasteiger partial charge is 0.382 e. The van der Waals surface area contributed by atoms with E-state index in [0.717, 1.165) is 17.7 Å². The second-order valence-corrected chi connectivity index (χ2v) is 7.61. The van der Waals surface area contributed by atoms with Crippen LogP contribution < -0.4 is 10.6 Å². The number of rotatable bonds is 11. The van der Waals surface area contributed by atoms with Crippen molar-refractivity contribution in [1.29, 1.82) is 0 Å². The fraction of sp³-hybridized carbons (Fsp3) is 0.360. The number of hydrogen-bond acceptors (Lipinski definition) is 5. The van der Waals surface area contributed by atoms with Crippen LogP contribution in [0.25, 0.3) is 0 Å². The molecule has 2 aromatic rings. The SMILES string of the molecule is CCOCCCNC(=O)c1cccc(NC(=O)CCC(=O)N2CCC(c3ccccc3)=N2)c1. The number of carbonyl (C=O) groups is 3. The number of anilines is 1. The first-order valence-electron chi connectivity index (χ1n) is 11.3. The molecule has 0 spiro atoms. The third-order valence-corrected chi connectivity index (χ3v) is 5.13. The maximum Gasteiger partial charge on any atom is 0.251 e. The summed E-state index contributed by atoms with van der Waals surface area (Å²) in [5, 5.41) is 11.4. The van der Waals surface area contributed by atoms with Crippen LogP contribution in [-0.4, -0.2) is 54.7 Å².